The smallest absolute Gasteiger partial charge is 0.242 e. The van der Waals surface area contributed by atoms with Crippen LogP contribution in [0, 0.1) is 17.8 Å². The second-order valence-electron chi connectivity index (χ2n) is 5.48. The SMILES string of the molecule is C#CCO/C(=C/N=C)N(C)C(C)[C@H](C/C(F)=C/C=C)S(=O)(=O)N(C)C(=N)N. The Balaban J connectivity index is 6.04. The lowest BCUT2D eigenvalue weighted by Gasteiger charge is -2.35. The number of aliphatic imine (C=N–C) groups is 1. The number of ether oxygens (including phenoxy) is 1. The summed E-state index contributed by atoms with van der Waals surface area (Å²) in [6.07, 6.45) is 8.27. The quantitative estimate of drug-likeness (QED) is 0.179. The summed E-state index contributed by atoms with van der Waals surface area (Å²) in [6.45, 7) is 8.21. The van der Waals surface area contributed by atoms with Crippen LogP contribution in [-0.2, 0) is 14.8 Å². The average molecular weight is 399 g/mol. The van der Waals surface area contributed by atoms with Gasteiger partial charge in [0.1, 0.15) is 11.1 Å². The lowest BCUT2D eigenvalue weighted by molar-refractivity contribution is 0.123. The first-order chi connectivity index (χ1) is 12.5. The molecule has 3 N–H and O–H groups in total. The van der Waals surface area contributed by atoms with E-state index in [2.05, 4.69) is 24.2 Å². The van der Waals surface area contributed by atoms with Gasteiger partial charge in [0.05, 0.1) is 6.20 Å². The van der Waals surface area contributed by atoms with E-state index >= 15 is 0 Å². The summed E-state index contributed by atoms with van der Waals surface area (Å²) in [7, 11) is -1.50. The molecule has 0 aromatic rings. The maximum Gasteiger partial charge on any atom is 0.242 e. The number of halogens is 1. The summed E-state index contributed by atoms with van der Waals surface area (Å²) < 4.78 is 45.8. The molecule has 0 saturated heterocycles. The predicted octanol–water partition coefficient (Wildman–Crippen LogP) is 1.41. The molecule has 2 atom stereocenters. The molecule has 150 valence electrons. The number of terminal acetylenes is 1. The molecule has 0 radical (unpaired) electrons. The summed E-state index contributed by atoms with van der Waals surface area (Å²) in [6, 6.07) is -0.800. The lowest BCUT2D eigenvalue weighted by Crippen LogP contribution is -2.50. The average Bonchev–Trinajstić information content (AvgIpc) is 2.61. The molecule has 10 heteroatoms. The van der Waals surface area contributed by atoms with Gasteiger partial charge in [-0.3, -0.25) is 10.4 Å². The molecule has 0 saturated carbocycles. The molecule has 0 amide bonds. The first kappa shape index (κ1) is 24.2. The molecule has 0 aliphatic carbocycles. The fourth-order valence-corrected chi connectivity index (χ4v) is 3.86. The molecule has 0 aromatic heterocycles. The van der Waals surface area contributed by atoms with E-state index < -0.39 is 39.5 Å². The minimum atomic E-state index is -4.17. The zero-order chi connectivity index (χ0) is 21.2. The van der Waals surface area contributed by atoms with Gasteiger partial charge in [0.15, 0.2) is 6.61 Å². The van der Waals surface area contributed by atoms with Crippen molar-refractivity contribution in [2.75, 3.05) is 20.7 Å². The summed E-state index contributed by atoms with van der Waals surface area (Å²) in [5.74, 6) is 1.08. The van der Waals surface area contributed by atoms with Gasteiger partial charge in [0.2, 0.25) is 21.9 Å². The van der Waals surface area contributed by atoms with Crippen molar-refractivity contribution < 1.29 is 17.5 Å². The molecule has 1 unspecified atom stereocenters. The summed E-state index contributed by atoms with van der Waals surface area (Å²) in [5, 5.41) is 6.11. The highest BCUT2D eigenvalue weighted by molar-refractivity contribution is 7.90. The number of nitrogens with zero attached hydrogens (tertiary/aromatic N) is 3. The Hall–Kier alpha value is -2.80. The number of hydrogen-bond acceptors (Lipinski definition) is 6. The van der Waals surface area contributed by atoms with E-state index in [1.54, 1.807) is 14.0 Å². The Morgan fingerprint density at radius 1 is 1.52 bits per heavy atom. The van der Waals surface area contributed by atoms with Gasteiger partial charge >= 0.3 is 0 Å². The van der Waals surface area contributed by atoms with E-state index in [1.807, 2.05) is 0 Å². The van der Waals surface area contributed by atoms with E-state index in [0.717, 1.165) is 13.1 Å². The number of nitrogens with one attached hydrogen (secondary N) is 1. The minimum Gasteiger partial charge on any atom is -0.465 e. The third-order valence-electron chi connectivity index (χ3n) is 3.80. The highest BCUT2D eigenvalue weighted by atomic mass is 32.2. The molecule has 0 bridgehead atoms. The normalized spacial score (nSPS) is 14.5. The van der Waals surface area contributed by atoms with Gasteiger partial charge in [-0.2, -0.15) is 0 Å². The van der Waals surface area contributed by atoms with Crippen molar-refractivity contribution in [2.24, 2.45) is 10.7 Å². The molecule has 0 fully saturated rings. The highest BCUT2D eigenvalue weighted by Gasteiger charge is 2.38. The van der Waals surface area contributed by atoms with Gasteiger partial charge in [-0.05, 0) is 19.7 Å². The molecule has 0 spiro atoms. The maximum atomic E-state index is 14.1. The Kier molecular flexibility index (Phi) is 9.88. The van der Waals surface area contributed by atoms with E-state index in [0.29, 0.717) is 4.31 Å². The fourth-order valence-electron chi connectivity index (χ4n) is 2.13. The van der Waals surface area contributed by atoms with Crippen molar-refractivity contribution >= 4 is 22.7 Å². The third kappa shape index (κ3) is 6.79. The van der Waals surface area contributed by atoms with Crippen molar-refractivity contribution in [3.05, 3.63) is 36.6 Å². The molecule has 0 aliphatic heterocycles. The van der Waals surface area contributed by atoms with Gasteiger partial charge < -0.3 is 15.4 Å². The van der Waals surface area contributed by atoms with Crippen LogP contribution in [0.15, 0.2) is 41.6 Å². The molecule has 0 rings (SSSR count). The minimum absolute atomic E-state index is 0.0755. The second kappa shape index (κ2) is 11.0. The van der Waals surface area contributed by atoms with Crippen LogP contribution in [0.4, 0.5) is 4.39 Å². The van der Waals surface area contributed by atoms with E-state index in [-0.39, 0.29) is 12.5 Å². The molecule has 0 aromatic carbocycles. The summed E-state index contributed by atoms with van der Waals surface area (Å²) in [4.78, 5) is 5.06. The Morgan fingerprint density at radius 3 is 2.56 bits per heavy atom. The molecular weight excluding hydrogens is 373 g/mol. The highest BCUT2D eigenvalue weighted by Crippen LogP contribution is 2.25. The fraction of sp³-hybridized carbons (Fsp3) is 0.412. The van der Waals surface area contributed by atoms with Crippen LogP contribution in [0.3, 0.4) is 0 Å². The van der Waals surface area contributed by atoms with Crippen LogP contribution in [0.2, 0.25) is 0 Å². The van der Waals surface area contributed by atoms with Crippen molar-refractivity contribution in [2.45, 2.75) is 24.6 Å². The number of nitrogens with two attached hydrogens (primary N) is 1. The van der Waals surface area contributed by atoms with Gasteiger partial charge in [0.25, 0.3) is 0 Å². The van der Waals surface area contributed by atoms with Crippen LogP contribution >= 0.6 is 0 Å². The van der Waals surface area contributed by atoms with Crippen molar-refractivity contribution in [3.63, 3.8) is 0 Å². The Morgan fingerprint density at radius 2 is 2.11 bits per heavy atom. The standard InChI is InChI=1S/C17H26FN5O3S/c1-7-9-14(18)11-15(27(24,25)23(6)17(19)20)13(3)22(5)16(12-21-4)26-10-8-2/h2,7,9,12-13,15H,1,4,10-11H2,3,5-6H3,(H3,19,20)/b14-9-,16-12+/t13?,15-/m0/s1. The molecular formula is C17H26FN5O3S. The monoisotopic (exact) mass is 399 g/mol. The number of rotatable bonds is 11. The molecule has 0 heterocycles. The third-order valence-corrected chi connectivity index (χ3v) is 6.09. The Bertz CT molecular complexity index is 755. The first-order valence-corrected chi connectivity index (χ1v) is 9.28. The zero-order valence-electron chi connectivity index (χ0n) is 15.7. The van der Waals surface area contributed by atoms with E-state index in [1.165, 1.54) is 17.2 Å². The molecule has 0 aliphatic rings. The van der Waals surface area contributed by atoms with Crippen LogP contribution in [0.5, 0.6) is 0 Å². The number of sulfonamides is 1. The zero-order valence-corrected chi connectivity index (χ0v) is 16.5. The number of hydrogen-bond donors (Lipinski definition) is 2. The summed E-state index contributed by atoms with van der Waals surface area (Å²) in [5.41, 5.74) is 5.31. The van der Waals surface area contributed by atoms with Gasteiger partial charge in [-0.15, -0.1) is 6.42 Å². The number of guanidine groups is 1. The van der Waals surface area contributed by atoms with Crippen molar-refractivity contribution in [1.82, 2.24) is 9.21 Å². The first-order valence-electron chi connectivity index (χ1n) is 7.78. The van der Waals surface area contributed by atoms with Crippen LogP contribution < -0.4 is 5.73 Å². The summed E-state index contributed by atoms with van der Waals surface area (Å²) >= 11 is 0. The molecule has 27 heavy (non-hydrogen) atoms. The number of allylic oxidation sites excluding steroid dienone is 3. The maximum absolute atomic E-state index is 14.1. The van der Waals surface area contributed by atoms with Gasteiger partial charge in [0, 0.05) is 26.6 Å². The lowest BCUT2D eigenvalue weighted by atomic mass is 10.1. The predicted molar refractivity (Wildman–Crippen MR) is 106 cm³/mol. The Labute approximate surface area is 160 Å². The van der Waals surface area contributed by atoms with Crippen molar-refractivity contribution in [1.29, 1.82) is 5.41 Å². The van der Waals surface area contributed by atoms with Gasteiger partial charge in [-0.25, -0.2) is 17.1 Å². The van der Waals surface area contributed by atoms with Crippen LogP contribution in [-0.4, -0.2) is 62.3 Å². The topological polar surface area (TPSA) is 112 Å². The second-order valence-corrected chi connectivity index (χ2v) is 7.67. The van der Waals surface area contributed by atoms with E-state index in [4.69, 9.17) is 22.3 Å². The van der Waals surface area contributed by atoms with Crippen LogP contribution in [0.1, 0.15) is 13.3 Å². The van der Waals surface area contributed by atoms with Gasteiger partial charge in [-0.1, -0.05) is 18.6 Å². The van der Waals surface area contributed by atoms with Crippen molar-refractivity contribution in [3.8, 4) is 12.3 Å². The van der Waals surface area contributed by atoms with Crippen LogP contribution in [0.25, 0.3) is 0 Å². The van der Waals surface area contributed by atoms with E-state index in [9.17, 15) is 12.8 Å². The largest absolute Gasteiger partial charge is 0.465 e. The molecule has 8 nitrogen and oxygen atoms in total.